The second kappa shape index (κ2) is 8.04. The van der Waals surface area contributed by atoms with Crippen LogP contribution in [0.2, 0.25) is 0 Å². The van der Waals surface area contributed by atoms with E-state index < -0.39 is 6.17 Å². The Bertz CT molecular complexity index is 1040. The minimum atomic E-state index is -0.673. The predicted octanol–water partition coefficient (Wildman–Crippen LogP) is 3.58. The number of halogens is 1. The highest BCUT2D eigenvalue weighted by Crippen LogP contribution is 2.31. The van der Waals surface area contributed by atoms with Crippen LogP contribution in [0.5, 0.6) is 0 Å². The van der Waals surface area contributed by atoms with Gasteiger partial charge in [-0.2, -0.15) is 0 Å². The summed E-state index contributed by atoms with van der Waals surface area (Å²) in [7, 11) is 3.44. The van der Waals surface area contributed by atoms with Gasteiger partial charge in [-0.05, 0) is 31.0 Å². The number of fused-ring (bicyclic) bond motifs is 1. The van der Waals surface area contributed by atoms with Crippen LogP contribution in [0.25, 0.3) is 21.6 Å². The highest BCUT2D eigenvalue weighted by Gasteiger charge is 2.20. The van der Waals surface area contributed by atoms with Crippen LogP contribution in [-0.2, 0) is 6.54 Å². The van der Waals surface area contributed by atoms with Gasteiger partial charge in [-0.25, -0.2) is 14.4 Å². The van der Waals surface area contributed by atoms with Gasteiger partial charge in [0.05, 0.1) is 5.39 Å². The highest BCUT2D eigenvalue weighted by atomic mass is 32.1. The molecule has 1 saturated heterocycles. The van der Waals surface area contributed by atoms with E-state index in [1.54, 1.807) is 37.6 Å². The van der Waals surface area contributed by atoms with Gasteiger partial charge in [0.2, 0.25) is 0 Å². The average Bonchev–Trinajstić information content (AvgIpc) is 3.12. The number of nitrogens with two attached hydrogens (primary N) is 1. The molecule has 152 valence electrons. The molecule has 29 heavy (non-hydrogen) atoms. The minimum absolute atomic E-state index is 0.0728. The summed E-state index contributed by atoms with van der Waals surface area (Å²) in [6, 6.07) is 9.30. The molecule has 1 aliphatic rings. The molecule has 0 spiro atoms. The molecule has 6 nitrogen and oxygen atoms in total. The Labute approximate surface area is 173 Å². The third-order valence-electron chi connectivity index (χ3n) is 5.14. The Hall–Kier alpha value is -2.58. The first-order valence-electron chi connectivity index (χ1n) is 9.65. The number of thiophene rings is 1. The van der Waals surface area contributed by atoms with E-state index in [2.05, 4.69) is 9.88 Å². The summed E-state index contributed by atoms with van der Waals surface area (Å²) in [4.78, 5) is 27.2. The largest absolute Gasteiger partial charge is 0.383 e. The van der Waals surface area contributed by atoms with Crippen LogP contribution in [0, 0.1) is 0 Å². The van der Waals surface area contributed by atoms with Gasteiger partial charge in [-0.3, -0.25) is 9.69 Å². The molecule has 3 aromatic rings. The molecule has 0 atom stereocenters. The van der Waals surface area contributed by atoms with Gasteiger partial charge in [-0.15, -0.1) is 11.3 Å². The Balaban J connectivity index is 1.62. The molecule has 1 fully saturated rings. The fourth-order valence-corrected chi connectivity index (χ4v) is 4.61. The van der Waals surface area contributed by atoms with Crippen molar-refractivity contribution in [1.82, 2.24) is 19.8 Å². The topological polar surface area (TPSA) is 75.3 Å². The summed E-state index contributed by atoms with van der Waals surface area (Å²) < 4.78 is 13.4. The molecule has 3 heterocycles. The number of carbonyl (C=O) groups excluding carboxylic acids is 1. The number of piperidine rings is 1. The smallest absolute Gasteiger partial charge is 0.253 e. The SMILES string of the molecule is CN(C)C(=O)c1cccc(-c2nc(N)c3cc(CN4CCC(F)CC4)sc3n2)c1. The van der Waals surface area contributed by atoms with Crippen LogP contribution >= 0.6 is 11.3 Å². The molecule has 4 rings (SSSR count). The number of anilines is 1. The fraction of sp³-hybridized carbons (Fsp3) is 0.381. The van der Waals surface area contributed by atoms with Crippen LogP contribution in [0.15, 0.2) is 30.3 Å². The summed E-state index contributed by atoms with van der Waals surface area (Å²) in [6.07, 6.45) is 0.519. The molecule has 1 aliphatic heterocycles. The van der Waals surface area contributed by atoms with Gasteiger partial charge in [-0.1, -0.05) is 12.1 Å². The van der Waals surface area contributed by atoms with E-state index in [0.717, 1.165) is 40.3 Å². The van der Waals surface area contributed by atoms with E-state index in [-0.39, 0.29) is 5.91 Å². The van der Waals surface area contributed by atoms with E-state index in [1.165, 1.54) is 4.90 Å². The number of alkyl halides is 1. The van der Waals surface area contributed by atoms with Crippen LogP contribution in [0.4, 0.5) is 10.2 Å². The monoisotopic (exact) mass is 413 g/mol. The maximum atomic E-state index is 13.4. The third kappa shape index (κ3) is 4.23. The third-order valence-corrected chi connectivity index (χ3v) is 6.16. The lowest BCUT2D eigenvalue weighted by Crippen LogP contribution is -2.33. The molecule has 0 aliphatic carbocycles. The first-order chi connectivity index (χ1) is 13.9. The van der Waals surface area contributed by atoms with Crippen molar-refractivity contribution >= 4 is 33.3 Å². The number of likely N-dealkylation sites (tertiary alicyclic amines) is 1. The predicted molar refractivity (Wildman–Crippen MR) is 115 cm³/mol. The van der Waals surface area contributed by atoms with Gasteiger partial charge < -0.3 is 10.6 Å². The number of benzene rings is 1. The normalized spacial score (nSPS) is 15.7. The molecule has 0 unspecified atom stereocenters. The first kappa shape index (κ1) is 19.7. The number of carbonyl (C=O) groups is 1. The molecule has 1 aromatic carbocycles. The van der Waals surface area contributed by atoms with Crippen molar-refractivity contribution < 1.29 is 9.18 Å². The van der Waals surface area contributed by atoms with E-state index in [0.29, 0.717) is 30.0 Å². The number of amides is 1. The summed E-state index contributed by atoms with van der Waals surface area (Å²) in [5.41, 5.74) is 7.56. The van der Waals surface area contributed by atoms with Crippen LogP contribution in [0.3, 0.4) is 0 Å². The fourth-order valence-electron chi connectivity index (χ4n) is 3.53. The molecular formula is C21H24FN5OS. The molecule has 2 N–H and O–H groups in total. The van der Waals surface area contributed by atoms with Crippen molar-refractivity contribution in [1.29, 1.82) is 0 Å². The van der Waals surface area contributed by atoms with Gasteiger partial charge in [0.25, 0.3) is 5.91 Å². The zero-order chi connectivity index (χ0) is 20.5. The van der Waals surface area contributed by atoms with Gasteiger partial charge in [0, 0.05) is 49.7 Å². The summed E-state index contributed by atoms with van der Waals surface area (Å²) in [5.74, 6) is 0.866. The molecule has 0 radical (unpaired) electrons. The molecule has 2 aromatic heterocycles. The standard InChI is InChI=1S/C21H24FN5OS/c1-26(2)21(28)14-5-3-4-13(10-14)19-24-18(23)17-11-16(29-20(17)25-19)12-27-8-6-15(22)7-9-27/h3-5,10-11,15H,6-9,12H2,1-2H3,(H2,23,24,25). The van der Waals surface area contributed by atoms with Crippen molar-refractivity contribution in [2.75, 3.05) is 32.9 Å². The number of nitrogen functional groups attached to an aromatic ring is 1. The van der Waals surface area contributed by atoms with Crippen LogP contribution < -0.4 is 5.73 Å². The van der Waals surface area contributed by atoms with Crippen molar-refractivity contribution in [2.45, 2.75) is 25.6 Å². The van der Waals surface area contributed by atoms with E-state index in [1.807, 2.05) is 18.2 Å². The van der Waals surface area contributed by atoms with Crippen molar-refractivity contribution in [2.24, 2.45) is 0 Å². The zero-order valence-corrected chi connectivity index (χ0v) is 17.4. The number of nitrogens with zero attached hydrogens (tertiary/aromatic N) is 4. The van der Waals surface area contributed by atoms with Crippen molar-refractivity contribution in [3.05, 3.63) is 40.8 Å². The first-order valence-corrected chi connectivity index (χ1v) is 10.5. The Morgan fingerprint density at radius 2 is 2.03 bits per heavy atom. The summed E-state index contributed by atoms with van der Waals surface area (Å²) in [6.45, 7) is 2.32. The van der Waals surface area contributed by atoms with Gasteiger partial charge in [0.1, 0.15) is 16.8 Å². The molecule has 0 bridgehead atoms. The lowest BCUT2D eigenvalue weighted by molar-refractivity contribution is 0.0827. The average molecular weight is 414 g/mol. The van der Waals surface area contributed by atoms with E-state index >= 15 is 0 Å². The number of hydrogen-bond acceptors (Lipinski definition) is 6. The van der Waals surface area contributed by atoms with E-state index in [9.17, 15) is 9.18 Å². The van der Waals surface area contributed by atoms with Crippen LogP contribution in [-0.4, -0.2) is 59.0 Å². The lowest BCUT2D eigenvalue weighted by atomic mass is 10.1. The van der Waals surface area contributed by atoms with E-state index in [4.69, 9.17) is 10.7 Å². The highest BCUT2D eigenvalue weighted by molar-refractivity contribution is 7.18. The summed E-state index contributed by atoms with van der Waals surface area (Å²) in [5, 5.41) is 0.842. The van der Waals surface area contributed by atoms with Crippen LogP contribution in [0.1, 0.15) is 28.1 Å². The number of rotatable bonds is 4. The quantitative estimate of drug-likeness (QED) is 0.708. The molecular weight excluding hydrogens is 389 g/mol. The molecule has 8 heteroatoms. The second-order valence-electron chi connectivity index (χ2n) is 7.60. The second-order valence-corrected chi connectivity index (χ2v) is 8.71. The van der Waals surface area contributed by atoms with Crippen molar-refractivity contribution in [3.63, 3.8) is 0 Å². The maximum Gasteiger partial charge on any atom is 0.253 e. The maximum absolute atomic E-state index is 13.4. The van der Waals surface area contributed by atoms with Crippen molar-refractivity contribution in [3.8, 4) is 11.4 Å². The Morgan fingerprint density at radius 3 is 2.76 bits per heavy atom. The lowest BCUT2D eigenvalue weighted by Gasteiger charge is -2.27. The number of aromatic nitrogens is 2. The Morgan fingerprint density at radius 1 is 1.28 bits per heavy atom. The molecule has 1 amide bonds. The summed E-state index contributed by atoms with van der Waals surface area (Å²) >= 11 is 1.59. The number of hydrogen-bond donors (Lipinski definition) is 1. The van der Waals surface area contributed by atoms with Gasteiger partial charge in [0.15, 0.2) is 5.82 Å². The molecule has 0 saturated carbocycles. The van der Waals surface area contributed by atoms with Gasteiger partial charge >= 0.3 is 0 Å². The Kier molecular flexibility index (Phi) is 5.47. The zero-order valence-electron chi connectivity index (χ0n) is 16.6. The minimum Gasteiger partial charge on any atom is -0.383 e.